The highest BCUT2D eigenvalue weighted by Crippen LogP contribution is 2.30. The molecule has 5 rings (SSSR count). The predicted molar refractivity (Wildman–Crippen MR) is 142 cm³/mol. The average Bonchev–Trinajstić information content (AvgIpc) is 3.50. The number of nitrogens with zero attached hydrogens (tertiary/aromatic N) is 6. The van der Waals surface area contributed by atoms with Crippen molar-refractivity contribution in [2.24, 2.45) is 5.41 Å². The minimum Gasteiger partial charge on any atom is -0.318 e. The first kappa shape index (κ1) is 24.4. The Kier molecular flexibility index (Phi) is 6.32. The van der Waals surface area contributed by atoms with Gasteiger partial charge in [-0.05, 0) is 33.7 Å². The topological polar surface area (TPSA) is 127 Å². The van der Waals surface area contributed by atoms with Crippen molar-refractivity contribution < 1.29 is 0 Å². The van der Waals surface area contributed by atoms with Crippen LogP contribution in [0.1, 0.15) is 45.5 Å². The van der Waals surface area contributed by atoms with Gasteiger partial charge in [-0.25, -0.2) is 9.78 Å². The fourth-order valence-electron chi connectivity index (χ4n) is 4.61. The second-order valence-corrected chi connectivity index (χ2v) is 10.4. The summed E-state index contributed by atoms with van der Waals surface area (Å²) in [5.74, 6) is 1.32. The van der Waals surface area contributed by atoms with E-state index in [-0.39, 0.29) is 5.41 Å². The van der Waals surface area contributed by atoms with Crippen LogP contribution in [0.4, 0.5) is 0 Å². The van der Waals surface area contributed by atoms with Crippen LogP contribution < -0.4 is 11.2 Å². The molecule has 0 saturated carbocycles. The first-order chi connectivity index (χ1) is 17.7. The Balaban J connectivity index is 1.57. The molecule has 2 N–H and O–H groups in total. The van der Waals surface area contributed by atoms with Gasteiger partial charge in [0, 0.05) is 25.1 Å². The number of hydrogen-bond acceptors (Lipinski definition) is 6. The molecule has 0 atom stereocenters. The van der Waals surface area contributed by atoms with Crippen LogP contribution in [-0.4, -0.2) is 39.7 Å². The Morgan fingerprint density at radius 1 is 0.946 bits per heavy atom. The highest BCUT2D eigenvalue weighted by Gasteiger charge is 2.22. The lowest BCUT2D eigenvalue weighted by molar-refractivity contribution is 0.394. The highest BCUT2D eigenvalue weighted by atomic mass is 16.2. The zero-order valence-corrected chi connectivity index (χ0v) is 21.4. The van der Waals surface area contributed by atoms with Crippen molar-refractivity contribution in [2.45, 2.75) is 53.6 Å². The molecule has 0 bridgehead atoms. The molecule has 3 aromatic heterocycles. The molecule has 10 heteroatoms. The van der Waals surface area contributed by atoms with Crippen LogP contribution in [0.2, 0.25) is 0 Å². The van der Waals surface area contributed by atoms with Gasteiger partial charge in [-0.3, -0.25) is 14.3 Å². The van der Waals surface area contributed by atoms with Crippen molar-refractivity contribution in [1.82, 2.24) is 39.7 Å². The first-order valence-corrected chi connectivity index (χ1v) is 12.4. The van der Waals surface area contributed by atoms with Gasteiger partial charge >= 0.3 is 5.69 Å². The van der Waals surface area contributed by atoms with Crippen molar-refractivity contribution >= 4 is 11.2 Å². The van der Waals surface area contributed by atoms with Gasteiger partial charge < -0.3 is 4.57 Å². The maximum absolute atomic E-state index is 13.0. The third-order valence-electron chi connectivity index (χ3n) is 6.22. The number of hydrogen-bond donors (Lipinski definition) is 2. The van der Waals surface area contributed by atoms with E-state index in [4.69, 9.17) is 4.98 Å². The smallest absolute Gasteiger partial charge is 0.318 e. The summed E-state index contributed by atoms with van der Waals surface area (Å²) in [4.78, 5) is 32.8. The van der Waals surface area contributed by atoms with Crippen LogP contribution in [0, 0.1) is 5.41 Å². The van der Waals surface area contributed by atoms with Crippen LogP contribution in [0.3, 0.4) is 0 Å². The largest absolute Gasteiger partial charge is 0.330 e. The van der Waals surface area contributed by atoms with E-state index in [2.05, 4.69) is 46.4 Å². The van der Waals surface area contributed by atoms with Crippen molar-refractivity contribution in [3.63, 3.8) is 0 Å². The van der Waals surface area contributed by atoms with E-state index in [9.17, 15) is 9.59 Å². The van der Waals surface area contributed by atoms with E-state index in [1.54, 1.807) is 4.57 Å². The molecule has 0 aliphatic rings. The normalized spacial score (nSPS) is 11.9. The number of H-pyrrole nitrogens is 2. The molecule has 0 amide bonds. The lowest BCUT2D eigenvalue weighted by Gasteiger charge is -2.18. The Morgan fingerprint density at radius 3 is 2.32 bits per heavy atom. The monoisotopic (exact) mass is 498 g/mol. The van der Waals surface area contributed by atoms with Gasteiger partial charge in [-0.1, -0.05) is 76.2 Å². The van der Waals surface area contributed by atoms with Crippen molar-refractivity contribution in [3.8, 4) is 22.5 Å². The van der Waals surface area contributed by atoms with Gasteiger partial charge in [0.25, 0.3) is 5.56 Å². The first-order valence-electron chi connectivity index (χ1n) is 12.4. The number of aromatic nitrogens is 8. The second kappa shape index (κ2) is 9.61. The second-order valence-electron chi connectivity index (χ2n) is 10.4. The van der Waals surface area contributed by atoms with E-state index >= 15 is 0 Å². The molecule has 5 aromatic rings. The molecule has 0 aliphatic carbocycles. The van der Waals surface area contributed by atoms with Gasteiger partial charge in [0.2, 0.25) is 5.82 Å². The van der Waals surface area contributed by atoms with Gasteiger partial charge in [-0.15, -0.1) is 10.2 Å². The van der Waals surface area contributed by atoms with Crippen LogP contribution in [0.25, 0.3) is 33.7 Å². The summed E-state index contributed by atoms with van der Waals surface area (Å²) in [6, 6.07) is 16.1. The summed E-state index contributed by atoms with van der Waals surface area (Å²) in [6.45, 7) is 9.35. The molecule has 190 valence electrons. The molecule has 37 heavy (non-hydrogen) atoms. The number of tetrazole rings is 1. The molecule has 0 unspecified atom stereocenters. The molecule has 3 heterocycles. The number of nitrogens with one attached hydrogen (secondary N) is 2. The Bertz CT molecular complexity index is 1650. The van der Waals surface area contributed by atoms with Crippen LogP contribution in [-0.2, 0) is 19.5 Å². The molecular formula is C27H30N8O2. The summed E-state index contributed by atoms with van der Waals surface area (Å²) in [5.41, 5.74) is 3.91. The average molecular weight is 499 g/mol. The highest BCUT2D eigenvalue weighted by molar-refractivity contribution is 5.80. The minimum atomic E-state index is -0.420. The maximum atomic E-state index is 13.0. The molecule has 0 saturated heterocycles. The molecule has 2 aromatic carbocycles. The molecule has 0 spiro atoms. The minimum absolute atomic E-state index is 0.0511. The van der Waals surface area contributed by atoms with Crippen molar-refractivity contribution in [1.29, 1.82) is 0 Å². The fourth-order valence-corrected chi connectivity index (χ4v) is 4.61. The number of rotatable bonds is 7. The van der Waals surface area contributed by atoms with Gasteiger partial charge in [-0.2, -0.15) is 5.21 Å². The number of aromatic amines is 2. The standard InChI is InChI=1S/C27H30N8O2/c1-5-14-34-24-22(25(36)29-26(34)37)35(21(28-24)15-27(2,3)4)16-17-10-12-18(13-11-17)19-8-6-7-9-20(19)23-30-32-33-31-23/h6-13H,5,14-16H2,1-4H3,(H,29,36,37)(H,30,31,32,33). The lowest BCUT2D eigenvalue weighted by atomic mass is 9.92. The zero-order chi connectivity index (χ0) is 26.2. The quantitative estimate of drug-likeness (QED) is 0.352. The third kappa shape index (κ3) is 4.87. The number of imidazole rings is 1. The fraction of sp³-hybridized carbons (Fsp3) is 0.333. The van der Waals surface area contributed by atoms with Crippen molar-refractivity contribution in [2.75, 3.05) is 0 Å². The third-order valence-corrected chi connectivity index (χ3v) is 6.22. The van der Waals surface area contributed by atoms with E-state index < -0.39 is 11.2 Å². The number of aryl methyl sites for hydroxylation is 1. The predicted octanol–water partition coefficient (Wildman–Crippen LogP) is 3.78. The van der Waals surface area contributed by atoms with Crippen LogP contribution in [0.15, 0.2) is 58.1 Å². The summed E-state index contributed by atoms with van der Waals surface area (Å²) >= 11 is 0. The molecule has 0 fully saturated rings. The zero-order valence-electron chi connectivity index (χ0n) is 21.4. The van der Waals surface area contributed by atoms with Crippen LogP contribution in [0.5, 0.6) is 0 Å². The Morgan fingerprint density at radius 2 is 1.68 bits per heavy atom. The lowest BCUT2D eigenvalue weighted by Crippen LogP contribution is -2.31. The van der Waals surface area contributed by atoms with E-state index in [1.807, 2.05) is 60.0 Å². The van der Waals surface area contributed by atoms with Gasteiger partial charge in [0.15, 0.2) is 11.2 Å². The SMILES string of the molecule is CCCn1c(=O)[nH]c(=O)c2c1nc(CC(C)(C)C)n2Cc1ccc(-c2ccccc2-c2nn[nH]n2)cc1. The van der Waals surface area contributed by atoms with E-state index in [0.717, 1.165) is 34.5 Å². The maximum Gasteiger partial charge on any atom is 0.330 e. The number of fused-ring (bicyclic) bond motifs is 1. The Hall–Kier alpha value is -4.34. The summed E-state index contributed by atoms with van der Waals surface area (Å²) in [7, 11) is 0. The molecular weight excluding hydrogens is 468 g/mol. The number of benzene rings is 2. The van der Waals surface area contributed by atoms with Gasteiger partial charge in [0.1, 0.15) is 5.82 Å². The summed E-state index contributed by atoms with van der Waals surface area (Å²) in [6.07, 6.45) is 1.42. The van der Waals surface area contributed by atoms with Crippen LogP contribution >= 0.6 is 0 Å². The summed E-state index contributed by atoms with van der Waals surface area (Å²) in [5, 5.41) is 14.4. The molecule has 0 aliphatic heterocycles. The van der Waals surface area contributed by atoms with Crippen molar-refractivity contribution in [3.05, 3.63) is 80.8 Å². The van der Waals surface area contributed by atoms with E-state index in [0.29, 0.717) is 36.5 Å². The van der Waals surface area contributed by atoms with Gasteiger partial charge in [0.05, 0.1) is 0 Å². The Labute approximate surface area is 213 Å². The van der Waals surface area contributed by atoms with E-state index in [1.165, 1.54) is 0 Å². The molecule has 10 nitrogen and oxygen atoms in total. The summed E-state index contributed by atoms with van der Waals surface area (Å²) < 4.78 is 3.52. The molecule has 0 radical (unpaired) electrons.